The summed E-state index contributed by atoms with van der Waals surface area (Å²) >= 11 is 1.76. The summed E-state index contributed by atoms with van der Waals surface area (Å²) in [6.45, 7) is 2.77. The van der Waals surface area contributed by atoms with Crippen molar-refractivity contribution < 1.29 is 14.4 Å². The maximum absolute atomic E-state index is 8.89. The molecule has 0 atom stereocenters. The third kappa shape index (κ3) is 2.38. The Morgan fingerprint density at radius 3 is 3.09 bits per heavy atom. The van der Waals surface area contributed by atoms with Crippen LogP contribution >= 0.6 is 11.9 Å². The number of benzene rings is 1. The molecule has 0 aliphatic carbocycles. The van der Waals surface area contributed by atoms with E-state index in [0.717, 1.165) is 34.0 Å². The minimum Gasteiger partial charge on any atom is -0.493 e. The summed E-state index contributed by atoms with van der Waals surface area (Å²) in [7, 11) is 0. The highest BCUT2D eigenvalue weighted by atomic mass is 32.2. The number of para-hydroxylation sites is 2. The quantitative estimate of drug-likeness (QED) is 0.590. The minimum atomic E-state index is 0.151. The molecule has 2 aromatic heterocycles. The van der Waals surface area contributed by atoms with Gasteiger partial charge in [0.15, 0.2) is 11.0 Å². The third-order valence-electron chi connectivity index (χ3n) is 4.08. The zero-order valence-corrected chi connectivity index (χ0v) is 13.7. The van der Waals surface area contributed by atoms with E-state index in [1.54, 1.807) is 11.9 Å². The molecule has 0 saturated carbocycles. The van der Waals surface area contributed by atoms with Crippen molar-refractivity contribution in [3.63, 3.8) is 0 Å². The Morgan fingerprint density at radius 1 is 1.35 bits per heavy atom. The second-order valence-electron chi connectivity index (χ2n) is 5.52. The van der Waals surface area contributed by atoms with E-state index in [9.17, 15) is 0 Å². The number of nitrogens with zero attached hydrogens (tertiary/aromatic N) is 3. The SMILES string of the molecule is Cc1c(OCCCO)cc[n+]2c1CSn1c-2nc2ccccc21. The van der Waals surface area contributed by atoms with Crippen molar-refractivity contribution in [2.45, 2.75) is 19.1 Å². The van der Waals surface area contributed by atoms with Gasteiger partial charge >= 0.3 is 5.95 Å². The summed E-state index contributed by atoms with van der Waals surface area (Å²) in [5, 5.41) is 8.89. The Kier molecular flexibility index (Phi) is 3.71. The van der Waals surface area contributed by atoms with Crippen LogP contribution in [0.1, 0.15) is 17.7 Å². The van der Waals surface area contributed by atoms with Crippen molar-refractivity contribution >= 4 is 23.0 Å². The van der Waals surface area contributed by atoms with Gasteiger partial charge < -0.3 is 9.84 Å². The maximum atomic E-state index is 8.89. The van der Waals surface area contributed by atoms with Crippen LogP contribution in [0.2, 0.25) is 0 Å². The Hall–Kier alpha value is -2.05. The molecule has 3 heterocycles. The fraction of sp³-hybridized carbons (Fsp3) is 0.294. The van der Waals surface area contributed by atoms with Crippen molar-refractivity contribution in [1.29, 1.82) is 0 Å². The van der Waals surface area contributed by atoms with Crippen LogP contribution in [0.3, 0.4) is 0 Å². The molecule has 4 rings (SSSR count). The van der Waals surface area contributed by atoms with Gasteiger partial charge in [0, 0.05) is 36.6 Å². The maximum Gasteiger partial charge on any atom is 0.415 e. The van der Waals surface area contributed by atoms with Gasteiger partial charge in [-0.15, -0.1) is 0 Å². The van der Waals surface area contributed by atoms with E-state index in [2.05, 4.69) is 21.5 Å². The summed E-state index contributed by atoms with van der Waals surface area (Å²) in [6, 6.07) is 10.2. The second-order valence-corrected chi connectivity index (χ2v) is 6.43. The molecule has 0 saturated heterocycles. The first kappa shape index (κ1) is 14.5. The Morgan fingerprint density at radius 2 is 2.22 bits per heavy atom. The second kappa shape index (κ2) is 5.86. The van der Waals surface area contributed by atoms with Crippen LogP contribution in [0, 0.1) is 6.92 Å². The first-order valence-electron chi connectivity index (χ1n) is 7.68. The molecule has 1 N–H and O–H groups in total. The van der Waals surface area contributed by atoms with Crippen molar-refractivity contribution in [3.8, 4) is 11.7 Å². The van der Waals surface area contributed by atoms with Gasteiger partial charge in [-0.3, -0.25) is 0 Å². The summed E-state index contributed by atoms with van der Waals surface area (Å²) in [6.07, 6.45) is 2.67. The number of pyridine rings is 1. The first-order chi connectivity index (χ1) is 11.3. The molecule has 3 aromatic rings. The normalized spacial score (nSPS) is 13.0. The van der Waals surface area contributed by atoms with Crippen LogP contribution in [0.4, 0.5) is 0 Å². The number of hydrogen-bond acceptors (Lipinski definition) is 4. The minimum absolute atomic E-state index is 0.151. The van der Waals surface area contributed by atoms with Gasteiger partial charge in [0.05, 0.1) is 18.6 Å². The summed E-state index contributed by atoms with van der Waals surface area (Å²) in [5.41, 5.74) is 4.50. The lowest BCUT2D eigenvalue weighted by Crippen LogP contribution is -2.41. The van der Waals surface area contributed by atoms with E-state index in [1.807, 2.05) is 30.5 Å². The summed E-state index contributed by atoms with van der Waals surface area (Å²) < 4.78 is 10.1. The number of ether oxygens (including phenoxy) is 1. The van der Waals surface area contributed by atoms with Gasteiger partial charge in [-0.25, -0.2) is 4.57 Å². The van der Waals surface area contributed by atoms with Gasteiger partial charge in [0.2, 0.25) is 0 Å². The Bertz CT molecular complexity index is 876. The number of aliphatic hydroxyl groups is 1. The van der Waals surface area contributed by atoms with E-state index >= 15 is 0 Å². The number of imidazole rings is 1. The first-order valence-corrected chi connectivity index (χ1v) is 8.63. The highest BCUT2D eigenvalue weighted by molar-refractivity contribution is 7.97. The van der Waals surface area contributed by atoms with E-state index in [0.29, 0.717) is 13.0 Å². The van der Waals surface area contributed by atoms with Crippen LogP contribution in [-0.2, 0) is 5.75 Å². The molecule has 0 bridgehead atoms. The van der Waals surface area contributed by atoms with E-state index < -0.39 is 0 Å². The molecule has 118 valence electrons. The molecule has 6 heteroatoms. The van der Waals surface area contributed by atoms with Gasteiger partial charge in [0.1, 0.15) is 11.4 Å². The van der Waals surface area contributed by atoms with E-state index in [-0.39, 0.29) is 6.61 Å². The average Bonchev–Trinajstić information content (AvgIpc) is 2.96. The largest absolute Gasteiger partial charge is 0.493 e. The monoisotopic (exact) mass is 328 g/mol. The predicted octanol–water partition coefficient (Wildman–Crippen LogP) is 2.39. The van der Waals surface area contributed by atoms with Crippen LogP contribution in [-0.4, -0.2) is 27.3 Å². The van der Waals surface area contributed by atoms with Gasteiger partial charge in [-0.2, -0.15) is 3.97 Å². The predicted molar refractivity (Wildman–Crippen MR) is 89.9 cm³/mol. The van der Waals surface area contributed by atoms with Crippen LogP contribution in [0.15, 0.2) is 36.5 Å². The molecule has 1 aliphatic heterocycles. The lowest BCUT2D eigenvalue weighted by Gasteiger charge is -2.17. The standard InChI is InChI=1S/C17H18N3O2S/c1-12-15-11-23-20-14-6-3-2-5-13(14)18-17(20)19(15)8-7-16(12)22-10-4-9-21/h2-3,5-8,21H,4,9-11H2,1H3/q+1. The Labute approximate surface area is 138 Å². The molecule has 0 unspecified atom stereocenters. The molecule has 5 nitrogen and oxygen atoms in total. The summed E-state index contributed by atoms with van der Waals surface area (Å²) in [5.74, 6) is 2.69. The van der Waals surface area contributed by atoms with Gasteiger partial charge in [-0.1, -0.05) is 17.1 Å². The lowest BCUT2D eigenvalue weighted by molar-refractivity contribution is -0.612. The van der Waals surface area contributed by atoms with E-state index in [1.165, 1.54) is 5.69 Å². The number of aromatic nitrogens is 3. The summed E-state index contributed by atoms with van der Waals surface area (Å²) in [4.78, 5) is 4.77. The van der Waals surface area contributed by atoms with Crippen molar-refractivity contribution in [2.24, 2.45) is 0 Å². The molecular formula is C17H18N3O2S+. The zero-order chi connectivity index (χ0) is 15.8. The van der Waals surface area contributed by atoms with Crippen LogP contribution in [0.5, 0.6) is 5.75 Å². The highest BCUT2D eigenvalue weighted by Gasteiger charge is 2.30. The molecule has 0 spiro atoms. The topological polar surface area (TPSA) is 51.2 Å². The molecular weight excluding hydrogens is 310 g/mol. The molecule has 1 aliphatic rings. The third-order valence-corrected chi connectivity index (χ3v) is 5.10. The molecule has 23 heavy (non-hydrogen) atoms. The highest BCUT2D eigenvalue weighted by Crippen LogP contribution is 2.31. The van der Waals surface area contributed by atoms with Crippen molar-refractivity contribution in [2.75, 3.05) is 13.2 Å². The molecule has 1 aromatic carbocycles. The number of aliphatic hydroxyl groups excluding tert-OH is 1. The smallest absolute Gasteiger partial charge is 0.415 e. The van der Waals surface area contributed by atoms with Gasteiger partial charge in [0.25, 0.3) is 0 Å². The van der Waals surface area contributed by atoms with Crippen molar-refractivity contribution in [3.05, 3.63) is 47.8 Å². The zero-order valence-electron chi connectivity index (χ0n) is 12.9. The van der Waals surface area contributed by atoms with Crippen molar-refractivity contribution in [1.82, 2.24) is 8.96 Å². The Balaban J connectivity index is 1.78. The molecule has 0 fully saturated rings. The fourth-order valence-electron chi connectivity index (χ4n) is 2.84. The van der Waals surface area contributed by atoms with E-state index in [4.69, 9.17) is 14.8 Å². The fourth-order valence-corrected chi connectivity index (χ4v) is 3.99. The number of rotatable bonds is 4. The van der Waals surface area contributed by atoms with Gasteiger partial charge in [-0.05, 0) is 19.1 Å². The average molecular weight is 328 g/mol. The number of fused-ring (bicyclic) bond motifs is 5. The van der Waals surface area contributed by atoms with Crippen LogP contribution in [0.25, 0.3) is 17.0 Å². The molecule has 0 radical (unpaired) electrons. The lowest BCUT2D eigenvalue weighted by atomic mass is 10.2. The van der Waals surface area contributed by atoms with Crippen LogP contribution < -0.4 is 9.30 Å². The molecule has 0 amide bonds. The number of hydrogen-bond donors (Lipinski definition) is 1.